The van der Waals surface area contributed by atoms with Crippen LogP contribution in [0.25, 0.3) is 0 Å². The van der Waals surface area contributed by atoms with E-state index in [-0.39, 0.29) is 35.1 Å². The number of amides is 1. The molecule has 1 fully saturated rings. The van der Waals surface area contributed by atoms with Crippen molar-refractivity contribution >= 4 is 17.4 Å². The van der Waals surface area contributed by atoms with Gasteiger partial charge in [-0.05, 0) is 27.0 Å². The Kier molecular flexibility index (Phi) is 4.08. The van der Waals surface area contributed by atoms with E-state index in [1.54, 1.807) is 4.90 Å². The Hall–Kier alpha value is -2.22. The van der Waals surface area contributed by atoms with Gasteiger partial charge in [0.1, 0.15) is 17.6 Å². The van der Waals surface area contributed by atoms with Gasteiger partial charge in [0.2, 0.25) is 0 Å². The van der Waals surface area contributed by atoms with E-state index in [1.165, 1.54) is 6.07 Å². The van der Waals surface area contributed by atoms with E-state index in [4.69, 9.17) is 5.73 Å². The maximum absolute atomic E-state index is 12.6. The van der Waals surface area contributed by atoms with Crippen molar-refractivity contribution in [3.63, 3.8) is 0 Å². The summed E-state index contributed by atoms with van der Waals surface area (Å²) in [5.41, 5.74) is 5.24. The first-order valence-corrected chi connectivity index (χ1v) is 6.72. The third-order valence-electron chi connectivity index (χ3n) is 3.98. The molecule has 1 aromatic rings. The molecule has 114 valence electrons. The summed E-state index contributed by atoms with van der Waals surface area (Å²) in [6.07, 6.45) is 1.03. The van der Waals surface area contributed by atoms with Crippen molar-refractivity contribution < 1.29 is 9.72 Å². The Balaban J connectivity index is 2.32. The Morgan fingerprint density at radius 1 is 1.43 bits per heavy atom. The van der Waals surface area contributed by atoms with E-state index in [9.17, 15) is 14.9 Å². The molecule has 0 radical (unpaired) electrons. The number of nitro groups is 1. The highest BCUT2D eigenvalue weighted by atomic mass is 16.6. The minimum absolute atomic E-state index is 0.00328. The molecule has 2 rings (SSSR count). The normalized spacial score (nSPS) is 23.1. The summed E-state index contributed by atoms with van der Waals surface area (Å²) in [4.78, 5) is 30.5. The van der Waals surface area contributed by atoms with E-state index in [0.29, 0.717) is 13.1 Å². The van der Waals surface area contributed by atoms with Gasteiger partial charge in [0.15, 0.2) is 0 Å². The smallest absolute Gasteiger partial charge is 0.300 e. The number of hydrogen-bond acceptors (Lipinski definition) is 6. The minimum atomic E-state index is -0.609. The zero-order chi connectivity index (χ0) is 15.7. The van der Waals surface area contributed by atoms with Crippen LogP contribution in [0.5, 0.6) is 0 Å². The number of hydrogen-bond donors (Lipinski definition) is 1. The van der Waals surface area contributed by atoms with E-state index >= 15 is 0 Å². The molecule has 0 aliphatic carbocycles. The Bertz CT molecular complexity index is 565. The lowest BCUT2D eigenvalue weighted by molar-refractivity contribution is -0.385. The molecule has 1 aliphatic heterocycles. The zero-order valence-electron chi connectivity index (χ0n) is 12.3. The molecular weight excluding hydrogens is 274 g/mol. The predicted octanol–water partition coefficient (Wildman–Crippen LogP) is 0.737. The second-order valence-electron chi connectivity index (χ2n) is 5.46. The first-order chi connectivity index (χ1) is 9.81. The van der Waals surface area contributed by atoms with Crippen LogP contribution in [-0.4, -0.2) is 57.8 Å². The number of nitrogens with zero attached hydrogens (tertiary/aromatic N) is 4. The number of anilines is 1. The fourth-order valence-electron chi connectivity index (χ4n) is 2.52. The lowest BCUT2D eigenvalue weighted by Crippen LogP contribution is -2.56. The lowest BCUT2D eigenvalue weighted by atomic mass is 10.1. The van der Waals surface area contributed by atoms with Crippen LogP contribution in [0, 0.1) is 10.1 Å². The molecular formula is C13H19N5O3. The quantitative estimate of drug-likeness (QED) is 0.636. The molecule has 1 aromatic heterocycles. The summed E-state index contributed by atoms with van der Waals surface area (Å²) < 4.78 is 0. The Morgan fingerprint density at radius 3 is 2.52 bits per heavy atom. The van der Waals surface area contributed by atoms with E-state index in [1.807, 2.05) is 20.9 Å². The number of rotatable bonds is 2. The molecule has 8 nitrogen and oxygen atoms in total. The standard InChI is InChI=1S/C13H19N5O3/c1-8-6-17(7-9(2)16(8)3)13(19)10-4-12(14)15-5-11(10)18(20)21/h4-5,8-9H,6-7H2,1-3H3,(H2,14,15). The molecule has 2 N–H and O–H groups in total. The van der Waals surface area contributed by atoms with Gasteiger partial charge in [-0.3, -0.25) is 19.8 Å². The maximum Gasteiger partial charge on any atom is 0.300 e. The van der Waals surface area contributed by atoms with Crippen molar-refractivity contribution in [3.05, 3.63) is 27.9 Å². The molecule has 2 unspecified atom stereocenters. The SMILES string of the molecule is CC1CN(C(=O)c2cc(N)ncc2[N+](=O)[O-])CC(C)N1C. The molecule has 8 heteroatoms. The fraction of sp³-hybridized carbons (Fsp3) is 0.538. The number of likely N-dealkylation sites (N-methyl/N-ethyl adjacent to an activating group) is 1. The van der Waals surface area contributed by atoms with Crippen molar-refractivity contribution in [2.75, 3.05) is 25.9 Å². The zero-order valence-corrected chi connectivity index (χ0v) is 12.3. The molecule has 0 bridgehead atoms. The van der Waals surface area contributed by atoms with Gasteiger partial charge in [0.25, 0.3) is 11.6 Å². The maximum atomic E-state index is 12.6. The van der Waals surface area contributed by atoms with Gasteiger partial charge in [-0.25, -0.2) is 4.98 Å². The third-order valence-corrected chi connectivity index (χ3v) is 3.98. The topological polar surface area (TPSA) is 106 Å². The van der Waals surface area contributed by atoms with Crippen molar-refractivity contribution in [2.24, 2.45) is 0 Å². The number of pyridine rings is 1. The first-order valence-electron chi connectivity index (χ1n) is 6.72. The highest BCUT2D eigenvalue weighted by molar-refractivity contribution is 5.98. The van der Waals surface area contributed by atoms with Gasteiger partial charge in [-0.1, -0.05) is 0 Å². The molecule has 1 saturated heterocycles. The van der Waals surface area contributed by atoms with Crippen molar-refractivity contribution in [3.8, 4) is 0 Å². The highest BCUT2D eigenvalue weighted by Crippen LogP contribution is 2.23. The number of carbonyl (C=O) groups is 1. The number of nitrogens with two attached hydrogens (primary N) is 1. The summed E-state index contributed by atoms with van der Waals surface area (Å²) in [7, 11) is 2.00. The molecule has 1 aliphatic rings. The average molecular weight is 293 g/mol. The summed E-state index contributed by atoms with van der Waals surface area (Å²) in [5, 5.41) is 11.0. The Morgan fingerprint density at radius 2 is 2.00 bits per heavy atom. The largest absolute Gasteiger partial charge is 0.384 e. The van der Waals surface area contributed by atoms with Crippen molar-refractivity contribution in [2.45, 2.75) is 25.9 Å². The van der Waals surface area contributed by atoms with Gasteiger partial charge >= 0.3 is 0 Å². The van der Waals surface area contributed by atoms with Gasteiger partial charge in [-0.2, -0.15) is 0 Å². The number of nitrogen functional groups attached to an aromatic ring is 1. The highest BCUT2D eigenvalue weighted by Gasteiger charge is 2.32. The van der Waals surface area contributed by atoms with Crippen LogP contribution in [0.1, 0.15) is 24.2 Å². The van der Waals surface area contributed by atoms with Gasteiger partial charge in [0, 0.05) is 25.2 Å². The third kappa shape index (κ3) is 2.94. The van der Waals surface area contributed by atoms with E-state index in [0.717, 1.165) is 6.20 Å². The molecule has 0 spiro atoms. The summed E-state index contributed by atoms with van der Waals surface area (Å²) in [5.74, 6) is -0.276. The van der Waals surface area contributed by atoms with E-state index < -0.39 is 4.92 Å². The first kappa shape index (κ1) is 15.2. The number of aromatic nitrogens is 1. The minimum Gasteiger partial charge on any atom is -0.384 e. The van der Waals surface area contributed by atoms with Gasteiger partial charge in [-0.15, -0.1) is 0 Å². The van der Waals surface area contributed by atoms with Crippen LogP contribution >= 0.6 is 0 Å². The summed E-state index contributed by atoms with van der Waals surface area (Å²) in [6.45, 7) is 5.09. The van der Waals surface area contributed by atoms with Crippen LogP contribution in [0.2, 0.25) is 0 Å². The molecule has 21 heavy (non-hydrogen) atoms. The lowest BCUT2D eigenvalue weighted by Gasteiger charge is -2.42. The number of piperazine rings is 1. The van der Waals surface area contributed by atoms with Crippen molar-refractivity contribution in [1.82, 2.24) is 14.8 Å². The van der Waals surface area contributed by atoms with Crippen LogP contribution in [-0.2, 0) is 0 Å². The predicted molar refractivity (Wildman–Crippen MR) is 77.9 cm³/mol. The van der Waals surface area contributed by atoms with Gasteiger partial charge in [0.05, 0.1) is 4.92 Å². The molecule has 0 saturated carbocycles. The second kappa shape index (κ2) is 5.65. The Labute approximate surface area is 122 Å². The van der Waals surface area contributed by atoms with Crippen molar-refractivity contribution in [1.29, 1.82) is 0 Å². The molecule has 2 heterocycles. The number of carbonyl (C=O) groups excluding carboxylic acids is 1. The second-order valence-corrected chi connectivity index (χ2v) is 5.46. The molecule has 0 aromatic carbocycles. The van der Waals surface area contributed by atoms with Crippen LogP contribution in [0.3, 0.4) is 0 Å². The fourth-order valence-corrected chi connectivity index (χ4v) is 2.52. The molecule has 1 amide bonds. The average Bonchev–Trinajstić information content (AvgIpc) is 2.42. The van der Waals surface area contributed by atoms with Crippen LogP contribution in [0.15, 0.2) is 12.3 Å². The van der Waals surface area contributed by atoms with Gasteiger partial charge < -0.3 is 10.6 Å². The molecule has 2 atom stereocenters. The monoisotopic (exact) mass is 293 g/mol. The van der Waals surface area contributed by atoms with Crippen LogP contribution in [0.4, 0.5) is 11.5 Å². The van der Waals surface area contributed by atoms with E-state index in [2.05, 4.69) is 9.88 Å². The summed E-state index contributed by atoms with van der Waals surface area (Å²) in [6, 6.07) is 1.65. The van der Waals surface area contributed by atoms with Crippen LogP contribution < -0.4 is 5.73 Å². The summed E-state index contributed by atoms with van der Waals surface area (Å²) >= 11 is 0.